The van der Waals surface area contributed by atoms with E-state index in [9.17, 15) is 9.59 Å². The molecule has 0 saturated heterocycles. The van der Waals surface area contributed by atoms with Crippen LogP contribution in [0.1, 0.15) is 54.7 Å². The molecule has 0 aliphatic heterocycles. The number of aromatic nitrogens is 2. The van der Waals surface area contributed by atoms with Crippen LogP contribution in [0.5, 0.6) is 0 Å². The Hall–Kier alpha value is -2.63. The number of methoxy groups -OCH3 is 1. The van der Waals surface area contributed by atoms with Gasteiger partial charge < -0.3 is 14.0 Å². The van der Waals surface area contributed by atoms with Gasteiger partial charge in [-0.15, -0.1) is 0 Å². The fourth-order valence-electron chi connectivity index (χ4n) is 3.62. The van der Waals surface area contributed by atoms with Gasteiger partial charge in [-0.3, -0.25) is 4.79 Å². The first-order valence-electron chi connectivity index (χ1n) is 8.90. The monoisotopic (exact) mass is 356 g/mol. The summed E-state index contributed by atoms with van der Waals surface area (Å²) in [7, 11) is 1.38. The van der Waals surface area contributed by atoms with Gasteiger partial charge in [0, 0.05) is 0 Å². The second kappa shape index (κ2) is 7.72. The number of hydrogen-bond acceptors (Lipinski definition) is 5. The van der Waals surface area contributed by atoms with E-state index in [0.29, 0.717) is 18.5 Å². The molecule has 1 aliphatic carbocycles. The topological polar surface area (TPSA) is 70.4 Å². The second-order valence-corrected chi connectivity index (χ2v) is 6.83. The summed E-state index contributed by atoms with van der Waals surface area (Å²) in [5.41, 5.74) is 0.737. The molecule has 0 radical (unpaired) electrons. The van der Waals surface area contributed by atoms with Gasteiger partial charge in [-0.25, -0.2) is 9.78 Å². The number of rotatable bonds is 6. The van der Waals surface area contributed by atoms with Crippen molar-refractivity contribution in [3.8, 4) is 0 Å². The lowest BCUT2D eigenvalue weighted by atomic mass is 9.87. The van der Waals surface area contributed by atoms with E-state index >= 15 is 0 Å². The standard InChI is InChI=1S/C20H24N2O4/c1-15(16-8-4-3-5-9-16)22-14-21-12-17(22)18(23)26-13-20(19(24)25-2)10-6-7-11-20/h3-5,8-9,12,14-15H,6-7,10-11,13H2,1-2H3. The molecule has 0 amide bonds. The predicted molar refractivity (Wildman–Crippen MR) is 95.7 cm³/mol. The molecule has 1 aliphatic rings. The minimum absolute atomic E-state index is 0.0450. The molecule has 2 aromatic rings. The Morgan fingerprint density at radius 3 is 2.58 bits per heavy atom. The minimum atomic E-state index is -0.708. The van der Waals surface area contributed by atoms with E-state index in [1.165, 1.54) is 13.3 Å². The van der Waals surface area contributed by atoms with E-state index in [-0.39, 0.29) is 18.6 Å². The lowest BCUT2D eigenvalue weighted by Crippen LogP contribution is -2.35. The molecule has 3 rings (SSSR count). The molecule has 26 heavy (non-hydrogen) atoms. The first kappa shape index (κ1) is 18.2. The molecule has 1 atom stereocenters. The Labute approximate surface area is 153 Å². The number of carbonyl (C=O) groups excluding carboxylic acids is 2. The summed E-state index contributed by atoms with van der Waals surface area (Å²) >= 11 is 0. The van der Waals surface area contributed by atoms with Crippen molar-refractivity contribution in [1.29, 1.82) is 0 Å². The van der Waals surface area contributed by atoms with Crippen LogP contribution in [0, 0.1) is 5.41 Å². The zero-order valence-electron chi connectivity index (χ0n) is 15.2. The Balaban J connectivity index is 1.73. The average molecular weight is 356 g/mol. The van der Waals surface area contributed by atoms with Crippen molar-refractivity contribution in [2.45, 2.75) is 38.6 Å². The van der Waals surface area contributed by atoms with E-state index in [1.807, 2.05) is 37.3 Å². The van der Waals surface area contributed by atoms with Crippen LogP contribution in [0.2, 0.25) is 0 Å². The van der Waals surface area contributed by atoms with Crippen LogP contribution in [-0.2, 0) is 14.3 Å². The summed E-state index contributed by atoms with van der Waals surface area (Å²) in [6, 6.07) is 9.83. The SMILES string of the molecule is COC(=O)C1(COC(=O)c2cncn2C(C)c2ccccc2)CCCC1. The van der Waals surface area contributed by atoms with Gasteiger partial charge >= 0.3 is 11.9 Å². The van der Waals surface area contributed by atoms with Crippen molar-refractivity contribution in [3.05, 3.63) is 54.1 Å². The number of imidazole rings is 1. The Bertz CT molecular complexity index is 763. The maximum atomic E-state index is 12.6. The third-order valence-corrected chi connectivity index (χ3v) is 5.23. The highest BCUT2D eigenvalue weighted by atomic mass is 16.5. The van der Waals surface area contributed by atoms with Crippen molar-refractivity contribution < 1.29 is 19.1 Å². The van der Waals surface area contributed by atoms with Gasteiger partial charge in [-0.05, 0) is 25.3 Å². The van der Waals surface area contributed by atoms with Crippen LogP contribution < -0.4 is 0 Å². The number of nitrogens with zero attached hydrogens (tertiary/aromatic N) is 2. The highest BCUT2D eigenvalue weighted by Crippen LogP contribution is 2.39. The van der Waals surface area contributed by atoms with Gasteiger partial charge in [0.25, 0.3) is 0 Å². The molecule has 1 unspecified atom stereocenters. The minimum Gasteiger partial charge on any atom is -0.468 e. The number of esters is 2. The van der Waals surface area contributed by atoms with E-state index in [0.717, 1.165) is 18.4 Å². The molecule has 1 aromatic heterocycles. The van der Waals surface area contributed by atoms with E-state index in [1.54, 1.807) is 10.9 Å². The lowest BCUT2D eigenvalue weighted by Gasteiger charge is -2.25. The molecule has 0 spiro atoms. The number of benzene rings is 1. The van der Waals surface area contributed by atoms with Crippen LogP contribution in [-0.4, -0.2) is 35.2 Å². The van der Waals surface area contributed by atoms with Crippen LogP contribution in [0.3, 0.4) is 0 Å². The van der Waals surface area contributed by atoms with Crippen molar-refractivity contribution in [3.63, 3.8) is 0 Å². The molecule has 0 N–H and O–H groups in total. The van der Waals surface area contributed by atoms with Crippen molar-refractivity contribution in [2.24, 2.45) is 5.41 Å². The molecule has 138 valence electrons. The average Bonchev–Trinajstić information content (AvgIpc) is 3.36. The van der Waals surface area contributed by atoms with Crippen molar-refractivity contribution >= 4 is 11.9 Å². The quantitative estimate of drug-likeness (QED) is 0.742. The Morgan fingerprint density at radius 2 is 1.92 bits per heavy atom. The molecule has 6 nitrogen and oxygen atoms in total. The molecule has 1 heterocycles. The van der Waals surface area contributed by atoms with Crippen molar-refractivity contribution in [2.75, 3.05) is 13.7 Å². The molecular weight excluding hydrogens is 332 g/mol. The maximum Gasteiger partial charge on any atom is 0.356 e. The Kier molecular flexibility index (Phi) is 5.40. The highest BCUT2D eigenvalue weighted by molar-refractivity contribution is 5.88. The normalized spacial score (nSPS) is 16.8. The number of hydrogen-bond donors (Lipinski definition) is 0. The van der Waals surface area contributed by atoms with Gasteiger partial charge in [-0.2, -0.15) is 0 Å². The van der Waals surface area contributed by atoms with Crippen LogP contribution in [0.25, 0.3) is 0 Å². The smallest absolute Gasteiger partial charge is 0.356 e. The molecule has 1 saturated carbocycles. The van der Waals surface area contributed by atoms with Crippen LogP contribution in [0.4, 0.5) is 0 Å². The molecule has 1 aromatic carbocycles. The van der Waals surface area contributed by atoms with Crippen molar-refractivity contribution in [1.82, 2.24) is 9.55 Å². The maximum absolute atomic E-state index is 12.6. The fraction of sp³-hybridized carbons (Fsp3) is 0.450. The van der Waals surface area contributed by atoms with Gasteiger partial charge in [0.1, 0.15) is 17.7 Å². The van der Waals surface area contributed by atoms with Gasteiger partial charge in [0.05, 0.1) is 25.7 Å². The Morgan fingerprint density at radius 1 is 1.23 bits per heavy atom. The number of carbonyl (C=O) groups is 2. The third-order valence-electron chi connectivity index (χ3n) is 5.23. The molecular formula is C20H24N2O4. The summed E-state index contributed by atoms with van der Waals surface area (Å²) < 4.78 is 12.2. The first-order chi connectivity index (χ1) is 12.6. The summed E-state index contributed by atoms with van der Waals surface area (Å²) in [6.45, 7) is 2.05. The summed E-state index contributed by atoms with van der Waals surface area (Å²) in [6.07, 6.45) is 6.38. The predicted octanol–water partition coefficient (Wildman–Crippen LogP) is 3.38. The van der Waals surface area contributed by atoms with E-state index in [4.69, 9.17) is 9.47 Å². The fourth-order valence-corrected chi connectivity index (χ4v) is 3.62. The second-order valence-electron chi connectivity index (χ2n) is 6.83. The van der Waals surface area contributed by atoms with E-state index in [2.05, 4.69) is 4.98 Å². The van der Waals surface area contributed by atoms with E-state index < -0.39 is 11.4 Å². The van der Waals surface area contributed by atoms with Crippen LogP contribution >= 0.6 is 0 Å². The summed E-state index contributed by atoms with van der Waals surface area (Å²) in [5, 5.41) is 0. The highest BCUT2D eigenvalue weighted by Gasteiger charge is 2.43. The van der Waals surface area contributed by atoms with Gasteiger partial charge in [0.15, 0.2) is 0 Å². The molecule has 6 heteroatoms. The third kappa shape index (κ3) is 3.49. The molecule has 1 fully saturated rings. The lowest BCUT2D eigenvalue weighted by molar-refractivity contribution is -0.155. The molecule has 0 bridgehead atoms. The zero-order chi connectivity index (χ0) is 18.6. The summed E-state index contributed by atoms with van der Waals surface area (Å²) in [4.78, 5) is 28.9. The first-order valence-corrected chi connectivity index (χ1v) is 8.90. The zero-order valence-corrected chi connectivity index (χ0v) is 15.2. The van der Waals surface area contributed by atoms with Gasteiger partial charge in [0.2, 0.25) is 0 Å². The van der Waals surface area contributed by atoms with Gasteiger partial charge in [-0.1, -0.05) is 43.2 Å². The van der Waals surface area contributed by atoms with Crippen LogP contribution in [0.15, 0.2) is 42.9 Å². The summed E-state index contributed by atoms with van der Waals surface area (Å²) in [5.74, 6) is -0.769. The number of ether oxygens (including phenoxy) is 2. The largest absolute Gasteiger partial charge is 0.468 e.